The van der Waals surface area contributed by atoms with E-state index in [-0.39, 0.29) is 11.5 Å². The van der Waals surface area contributed by atoms with E-state index in [9.17, 15) is 10.1 Å². The zero-order valence-electron chi connectivity index (χ0n) is 15.2. The number of rotatable bonds is 6. The van der Waals surface area contributed by atoms with Crippen molar-refractivity contribution in [3.8, 4) is 6.07 Å². The standard InChI is InChI=1S/C22H23N3OS/c23-15-17(16-24-18-9-3-1-4-10-18)22(26)25-20-13-7-8-14-21(20)27-19-11-5-2-6-12-19/h2,5-8,11-14,16,18,24H,1,3-4,9-10H2,(H,25,26)/b17-16-. The molecule has 1 fully saturated rings. The number of benzene rings is 2. The van der Waals surface area contributed by atoms with Crippen LogP contribution in [0.15, 0.2) is 76.2 Å². The van der Waals surface area contributed by atoms with Gasteiger partial charge in [0.2, 0.25) is 0 Å². The number of nitrogens with zero attached hydrogens (tertiary/aromatic N) is 1. The van der Waals surface area contributed by atoms with Gasteiger partial charge in [-0.3, -0.25) is 4.79 Å². The van der Waals surface area contributed by atoms with Crippen LogP contribution in [0.3, 0.4) is 0 Å². The Bertz CT molecular complexity index is 836. The zero-order valence-corrected chi connectivity index (χ0v) is 16.0. The van der Waals surface area contributed by atoms with E-state index in [0.717, 1.165) is 22.6 Å². The molecule has 0 saturated heterocycles. The van der Waals surface area contributed by atoms with Gasteiger partial charge in [0, 0.05) is 22.0 Å². The Labute approximate surface area is 164 Å². The van der Waals surface area contributed by atoms with Crippen LogP contribution in [0.5, 0.6) is 0 Å². The first-order valence-electron chi connectivity index (χ1n) is 9.26. The predicted octanol–water partition coefficient (Wildman–Crippen LogP) is 5.11. The molecule has 1 aliphatic rings. The molecule has 0 aliphatic heterocycles. The van der Waals surface area contributed by atoms with Gasteiger partial charge in [0.15, 0.2) is 0 Å². The van der Waals surface area contributed by atoms with Crippen molar-refractivity contribution in [1.82, 2.24) is 5.32 Å². The quantitative estimate of drug-likeness (QED) is 0.542. The summed E-state index contributed by atoms with van der Waals surface area (Å²) in [7, 11) is 0. The van der Waals surface area contributed by atoms with E-state index in [0.29, 0.717) is 11.7 Å². The van der Waals surface area contributed by atoms with Gasteiger partial charge in [-0.1, -0.05) is 61.4 Å². The van der Waals surface area contributed by atoms with E-state index in [1.54, 1.807) is 18.0 Å². The number of hydrogen-bond acceptors (Lipinski definition) is 4. The van der Waals surface area contributed by atoms with Gasteiger partial charge >= 0.3 is 0 Å². The summed E-state index contributed by atoms with van der Waals surface area (Å²) >= 11 is 1.58. The van der Waals surface area contributed by atoms with Crippen LogP contribution < -0.4 is 10.6 Å². The van der Waals surface area contributed by atoms with Crippen LogP contribution >= 0.6 is 11.8 Å². The van der Waals surface area contributed by atoms with E-state index in [1.807, 2.05) is 60.7 Å². The van der Waals surface area contributed by atoms with Crippen LogP contribution in [0.25, 0.3) is 0 Å². The van der Waals surface area contributed by atoms with Crippen molar-refractivity contribution in [3.05, 3.63) is 66.4 Å². The maximum Gasteiger partial charge on any atom is 0.267 e. The molecule has 1 saturated carbocycles. The molecule has 0 radical (unpaired) electrons. The van der Waals surface area contributed by atoms with Crippen molar-refractivity contribution >= 4 is 23.4 Å². The van der Waals surface area contributed by atoms with Crippen LogP contribution in [-0.2, 0) is 4.79 Å². The molecule has 1 aliphatic carbocycles. The molecule has 5 heteroatoms. The Morgan fingerprint density at radius 3 is 2.48 bits per heavy atom. The summed E-state index contributed by atoms with van der Waals surface area (Å²) in [5, 5.41) is 15.5. The van der Waals surface area contributed by atoms with E-state index in [2.05, 4.69) is 10.6 Å². The van der Waals surface area contributed by atoms with Crippen molar-refractivity contribution < 1.29 is 4.79 Å². The lowest BCUT2D eigenvalue weighted by molar-refractivity contribution is -0.112. The molecule has 138 valence electrons. The highest BCUT2D eigenvalue weighted by molar-refractivity contribution is 7.99. The van der Waals surface area contributed by atoms with Crippen molar-refractivity contribution in [3.63, 3.8) is 0 Å². The van der Waals surface area contributed by atoms with Crippen molar-refractivity contribution in [1.29, 1.82) is 5.26 Å². The fourth-order valence-corrected chi connectivity index (χ4v) is 4.01. The number of amides is 1. The number of carbonyl (C=O) groups is 1. The largest absolute Gasteiger partial charge is 0.387 e. The first kappa shape index (κ1) is 19.1. The van der Waals surface area contributed by atoms with Gasteiger partial charge in [0.05, 0.1) is 5.69 Å². The average Bonchev–Trinajstić information content (AvgIpc) is 2.71. The Hall–Kier alpha value is -2.71. The summed E-state index contributed by atoms with van der Waals surface area (Å²) in [6.07, 6.45) is 7.41. The average molecular weight is 378 g/mol. The summed E-state index contributed by atoms with van der Waals surface area (Å²) in [6, 6.07) is 20.0. The van der Waals surface area contributed by atoms with E-state index in [4.69, 9.17) is 0 Å². The molecule has 0 spiro atoms. The lowest BCUT2D eigenvalue weighted by atomic mass is 9.96. The highest BCUT2D eigenvalue weighted by Crippen LogP contribution is 2.33. The van der Waals surface area contributed by atoms with Gasteiger partial charge in [-0.25, -0.2) is 0 Å². The number of carbonyl (C=O) groups excluding carboxylic acids is 1. The van der Waals surface area contributed by atoms with E-state index < -0.39 is 0 Å². The van der Waals surface area contributed by atoms with Crippen molar-refractivity contribution in [2.24, 2.45) is 0 Å². The first-order chi connectivity index (χ1) is 13.3. The normalized spacial score (nSPS) is 15.0. The molecule has 2 aromatic carbocycles. The number of nitrogens with one attached hydrogen (secondary N) is 2. The molecule has 3 rings (SSSR count). The molecule has 0 aromatic heterocycles. The maximum atomic E-state index is 12.6. The third-order valence-electron chi connectivity index (χ3n) is 4.54. The molecule has 27 heavy (non-hydrogen) atoms. The zero-order chi connectivity index (χ0) is 18.9. The van der Waals surface area contributed by atoms with E-state index in [1.165, 1.54) is 19.3 Å². The minimum absolute atomic E-state index is 0.0973. The Morgan fingerprint density at radius 1 is 1.04 bits per heavy atom. The first-order valence-corrected chi connectivity index (χ1v) is 10.1. The van der Waals surface area contributed by atoms with Gasteiger partial charge in [0.1, 0.15) is 11.6 Å². The van der Waals surface area contributed by atoms with Gasteiger partial charge in [-0.2, -0.15) is 5.26 Å². The molecule has 2 N–H and O–H groups in total. The van der Waals surface area contributed by atoms with Crippen molar-refractivity contribution in [2.75, 3.05) is 5.32 Å². The molecule has 0 unspecified atom stereocenters. The maximum absolute atomic E-state index is 12.6. The molecule has 1 amide bonds. The molecule has 0 bridgehead atoms. The minimum atomic E-state index is -0.387. The Morgan fingerprint density at radius 2 is 1.74 bits per heavy atom. The van der Waals surface area contributed by atoms with Gasteiger partial charge in [-0.15, -0.1) is 0 Å². The van der Waals surface area contributed by atoms with Crippen LogP contribution in [0.4, 0.5) is 5.69 Å². The highest BCUT2D eigenvalue weighted by atomic mass is 32.2. The minimum Gasteiger partial charge on any atom is -0.387 e. The van der Waals surface area contributed by atoms with E-state index >= 15 is 0 Å². The monoisotopic (exact) mass is 377 g/mol. The molecule has 0 atom stereocenters. The third-order valence-corrected chi connectivity index (χ3v) is 5.62. The summed E-state index contributed by atoms with van der Waals surface area (Å²) in [5.74, 6) is -0.387. The SMILES string of the molecule is N#C/C(=C/NC1CCCCC1)C(=O)Nc1ccccc1Sc1ccccc1. The van der Waals surface area contributed by atoms with Gasteiger partial charge in [0.25, 0.3) is 5.91 Å². The van der Waals surface area contributed by atoms with Gasteiger partial charge in [-0.05, 0) is 37.1 Å². The Kier molecular flexibility index (Phi) is 6.95. The topological polar surface area (TPSA) is 64.9 Å². The molecular formula is C22H23N3OS. The van der Waals surface area contributed by atoms with Crippen LogP contribution in [-0.4, -0.2) is 11.9 Å². The molecule has 0 heterocycles. The second kappa shape index (κ2) is 9.84. The predicted molar refractivity (Wildman–Crippen MR) is 109 cm³/mol. The summed E-state index contributed by atoms with van der Waals surface area (Å²) in [5.41, 5.74) is 0.801. The lowest BCUT2D eigenvalue weighted by Crippen LogP contribution is -2.28. The smallest absolute Gasteiger partial charge is 0.267 e. The number of anilines is 1. The fraction of sp³-hybridized carbons (Fsp3) is 0.273. The lowest BCUT2D eigenvalue weighted by Gasteiger charge is -2.21. The molecular weight excluding hydrogens is 354 g/mol. The summed E-state index contributed by atoms with van der Waals surface area (Å²) in [6.45, 7) is 0. The molecule has 2 aromatic rings. The second-order valence-corrected chi connectivity index (χ2v) is 7.65. The van der Waals surface area contributed by atoms with Crippen LogP contribution in [0.2, 0.25) is 0 Å². The molecule has 4 nitrogen and oxygen atoms in total. The number of nitriles is 1. The van der Waals surface area contributed by atoms with Crippen molar-refractivity contribution in [2.45, 2.75) is 47.9 Å². The number of hydrogen-bond donors (Lipinski definition) is 2. The third kappa shape index (κ3) is 5.63. The van der Waals surface area contributed by atoms with Gasteiger partial charge < -0.3 is 10.6 Å². The fourth-order valence-electron chi connectivity index (χ4n) is 3.08. The van der Waals surface area contributed by atoms with Crippen LogP contribution in [0, 0.1) is 11.3 Å². The van der Waals surface area contributed by atoms with Crippen LogP contribution in [0.1, 0.15) is 32.1 Å². The second-order valence-electron chi connectivity index (χ2n) is 6.54. The summed E-state index contributed by atoms with van der Waals surface area (Å²) < 4.78 is 0. The number of para-hydroxylation sites is 1. The summed E-state index contributed by atoms with van der Waals surface area (Å²) in [4.78, 5) is 14.6. The Balaban J connectivity index is 1.68. The highest BCUT2D eigenvalue weighted by Gasteiger charge is 2.15.